The molecule has 0 saturated carbocycles. The lowest BCUT2D eigenvalue weighted by atomic mass is 9.93. The first-order valence-corrected chi connectivity index (χ1v) is 7.52. The van der Waals surface area contributed by atoms with Gasteiger partial charge in [0.25, 0.3) is 0 Å². The predicted octanol–water partition coefficient (Wildman–Crippen LogP) is 3.89. The summed E-state index contributed by atoms with van der Waals surface area (Å²) in [6.07, 6.45) is 7.83. The van der Waals surface area contributed by atoms with Gasteiger partial charge in [-0.15, -0.1) is 0 Å². The SMILES string of the molecule is O=C1CCCc2c1c1cccc3c1n2CCCCC3. The Morgan fingerprint density at radius 2 is 1.89 bits per heavy atom. The van der Waals surface area contributed by atoms with Crippen molar-refractivity contribution in [3.63, 3.8) is 0 Å². The average molecular weight is 253 g/mol. The van der Waals surface area contributed by atoms with E-state index in [-0.39, 0.29) is 0 Å². The number of carbonyl (C=O) groups is 1. The minimum absolute atomic E-state index is 0.362. The summed E-state index contributed by atoms with van der Waals surface area (Å²) in [6, 6.07) is 6.53. The minimum atomic E-state index is 0.362. The number of para-hydroxylation sites is 1. The second-order valence-electron chi connectivity index (χ2n) is 5.87. The third kappa shape index (κ3) is 1.59. The Labute approximate surface area is 113 Å². The van der Waals surface area contributed by atoms with Crippen molar-refractivity contribution < 1.29 is 4.79 Å². The number of aryl methyl sites for hydroxylation is 2. The molecule has 4 rings (SSSR count). The molecule has 1 aromatic heterocycles. The smallest absolute Gasteiger partial charge is 0.165 e. The van der Waals surface area contributed by atoms with Gasteiger partial charge in [0.2, 0.25) is 0 Å². The lowest BCUT2D eigenvalue weighted by Gasteiger charge is -2.17. The van der Waals surface area contributed by atoms with Crippen LogP contribution in [0.2, 0.25) is 0 Å². The molecule has 2 nitrogen and oxygen atoms in total. The summed E-state index contributed by atoms with van der Waals surface area (Å²) < 4.78 is 2.47. The van der Waals surface area contributed by atoms with Crippen LogP contribution in [0.5, 0.6) is 0 Å². The number of fused-ring (bicyclic) bond motifs is 3. The topological polar surface area (TPSA) is 22.0 Å². The molecule has 0 radical (unpaired) electrons. The van der Waals surface area contributed by atoms with Crippen molar-refractivity contribution in [3.05, 3.63) is 35.0 Å². The van der Waals surface area contributed by atoms with E-state index >= 15 is 0 Å². The van der Waals surface area contributed by atoms with Gasteiger partial charge < -0.3 is 4.57 Å². The fraction of sp³-hybridized carbons (Fsp3) is 0.471. The summed E-state index contributed by atoms with van der Waals surface area (Å²) in [6.45, 7) is 1.09. The number of benzene rings is 1. The van der Waals surface area contributed by atoms with E-state index in [9.17, 15) is 4.79 Å². The van der Waals surface area contributed by atoms with Gasteiger partial charge in [-0.3, -0.25) is 4.79 Å². The first kappa shape index (κ1) is 11.3. The molecule has 2 heterocycles. The van der Waals surface area contributed by atoms with Gasteiger partial charge in [0, 0.05) is 29.6 Å². The summed E-state index contributed by atoms with van der Waals surface area (Å²) >= 11 is 0. The van der Waals surface area contributed by atoms with E-state index in [0.717, 1.165) is 37.8 Å². The Balaban J connectivity index is 2.10. The zero-order chi connectivity index (χ0) is 12.8. The largest absolute Gasteiger partial charge is 0.344 e. The van der Waals surface area contributed by atoms with Crippen molar-refractivity contribution >= 4 is 16.7 Å². The summed E-state index contributed by atoms with van der Waals surface area (Å²) in [7, 11) is 0. The van der Waals surface area contributed by atoms with Crippen LogP contribution in [0.4, 0.5) is 0 Å². The molecular weight excluding hydrogens is 234 g/mol. The number of Topliss-reactive ketones (excluding diaryl/α,β-unsaturated/α-hetero) is 1. The lowest BCUT2D eigenvalue weighted by molar-refractivity contribution is 0.0973. The van der Waals surface area contributed by atoms with Crippen molar-refractivity contribution in [2.75, 3.05) is 0 Å². The van der Waals surface area contributed by atoms with Gasteiger partial charge in [-0.1, -0.05) is 24.6 Å². The molecule has 0 fully saturated rings. The van der Waals surface area contributed by atoms with Gasteiger partial charge in [-0.2, -0.15) is 0 Å². The quantitative estimate of drug-likeness (QED) is 0.698. The van der Waals surface area contributed by atoms with Crippen LogP contribution in [0, 0.1) is 0 Å². The first-order chi connectivity index (χ1) is 9.36. The molecule has 19 heavy (non-hydrogen) atoms. The number of ketones is 1. The monoisotopic (exact) mass is 253 g/mol. The highest BCUT2D eigenvalue weighted by Gasteiger charge is 2.26. The van der Waals surface area contributed by atoms with Crippen molar-refractivity contribution in [2.45, 2.75) is 51.5 Å². The molecule has 0 atom stereocenters. The molecule has 0 spiro atoms. The van der Waals surface area contributed by atoms with Gasteiger partial charge in [0.15, 0.2) is 5.78 Å². The number of hydrogen-bond acceptors (Lipinski definition) is 1. The van der Waals surface area contributed by atoms with Gasteiger partial charge in [0.1, 0.15) is 0 Å². The second kappa shape index (κ2) is 4.22. The molecular formula is C17H19NO. The van der Waals surface area contributed by atoms with Crippen molar-refractivity contribution in [2.24, 2.45) is 0 Å². The van der Waals surface area contributed by atoms with Crippen LogP contribution in [0.25, 0.3) is 10.9 Å². The highest BCUT2D eigenvalue weighted by atomic mass is 16.1. The number of nitrogens with zero attached hydrogens (tertiary/aromatic N) is 1. The van der Waals surface area contributed by atoms with E-state index in [0.29, 0.717) is 5.78 Å². The summed E-state index contributed by atoms with van der Waals surface area (Å²) in [5, 5.41) is 1.22. The summed E-state index contributed by atoms with van der Waals surface area (Å²) in [5.74, 6) is 0.362. The summed E-state index contributed by atoms with van der Waals surface area (Å²) in [5.41, 5.74) is 5.17. The van der Waals surface area contributed by atoms with E-state index < -0.39 is 0 Å². The van der Waals surface area contributed by atoms with Gasteiger partial charge in [-0.25, -0.2) is 0 Å². The minimum Gasteiger partial charge on any atom is -0.344 e. The molecule has 2 aromatic rings. The third-order valence-electron chi connectivity index (χ3n) is 4.70. The maximum atomic E-state index is 12.3. The van der Waals surface area contributed by atoms with E-state index in [4.69, 9.17) is 0 Å². The van der Waals surface area contributed by atoms with Crippen LogP contribution >= 0.6 is 0 Å². The van der Waals surface area contributed by atoms with Gasteiger partial charge in [0.05, 0.1) is 5.52 Å². The zero-order valence-electron chi connectivity index (χ0n) is 11.2. The molecule has 0 saturated heterocycles. The number of rotatable bonds is 0. The number of hydrogen-bond donors (Lipinski definition) is 0. The predicted molar refractivity (Wildman–Crippen MR) is 76.8 cm³/mol. The van der Waals surface area contributed by atoms with Crippen LogP contribution in [-0.2, 0) is 19.4 Å². The Morgan fingerprint density at radius 3 is 2.84 bits per heavy atom. The Hall–Kier alpha value is -1.57. The number of carbonyl (C=O) groups excluding carboxylic acids is 1. The van der Waals surface area contributed by atoms with Crippen LogP contribution in [0.15, 0.2) is 18.2 Å². The fourth-order valence-corrected chi connectivity index (χ4v) is 3.86. The molecule has 98 valence electrons. The van der Waals surface area contributed by atoms with Gasteiger partial charge in [-0.05, 0) is 37.7 Å². The summed E-state index contributed by atoms with van der Waals surface area (Å²) in [4.78, 5) is 12.3. The van der Waals surface area contributed by atoms with E-state index in [2.05, 4.69) is 22.8 Å². The van der Waals surface area contributed by atoms with Crippen LogP contribution in [0.1, 0.15) is 53.7 Å². The van der Waals surface area contributed by atoms with Crippen LogP contribution in [0.3, 0.4) is 0 Å². The Morgan fingerprint density at radius 1 is 0.947 bits per heavy atom. The number of aromatic nitrogens is 1. The highest BCUT2D eigenvalue weighted by Crippen LogP contribution is 2.35. The molecule has 2 aliphatic rings. The third-order valence-corrected chi connectivity index (χ3v) is 4.70. The van der Waals surface area contributed by atoms with E-state index in [1.807, 2.05) is 0 Å². The second-order valence-corrected chi connectivity index (χ2v) is 5.87. The molecule has 0 amide bonds. The van der Waals surface area contributed by atoms with Gasteiger partial charge >= 0.3 is 0 Å². The van der Waals surface area contributed by atoms with Crippen LogP contribution in [-0.4, -0.2) is 10.4 Å². The molecule has 0 unspecified atom stereocenters. The Bertz CT molecular complexity index is 665. The maximum Gasteiger partial charge on any atom is 0.165 e. The maximum absolute atomic E-state index is 12.3. The molecule has 0 N–H and O–H groups in total. The van der Waals surface area contributed by atoms with Crippen molar-refractivity contribution in [1.82, 2.24) is 4.57 Å². The van der Waals surface area contributed by atoms with Crippen molar-refractivity contribution in [1.29, 1.82) is 0 Å². The molecule has 0 bridgehead atoms. The normalized spacial score (nSPS) is 19.1. The fourth-order valence-electron chi connectivity index (χ4n) is 3.86. The molecule has 1 aliphatic heterocycles. The zero-order valence-corrected chi connectivity index (χ0v) is 11.2. The van der Waals surface area contributed by atoms with Crippen LogP contribution < -0.4 is 0 Å². The molecule has 1 aromatic carbocycles. The van der Waals surface area contributed by atoms with Crippen molar-refractivity contribution in [3.8, 4) is 0 Å². The first-order valence-electron chi connectivity index (χ1n) is 7.52. The Kier molecular flexibility index (Phi) is 2.51. The molecule has 2 heteroatoms. The lowest BCUT2D eigenvalue weighted by Crippen LogP contribution is -2.14. The highest BCUT2D eigenvalue weighted by molar-refractivity contribution is 6.10. The standard InChI is InChI=1S/C17H19NO/c19-15-10-5-9-14-16(15)13-8-4-7-12-6-2-1-3-11-18(14)17(12)13/h4,7-8H,1-3,5-6,9-11H2. The molecule has 1 aliphatic carbocycles. The van der Waals surface area contributed by atoms with E-state index in [1.54, 1.807) is 0 Å². The average Bonchev–Trinajstić information content (AvgIpc) is 2.71. The van der Waals surface area contributed by atoms with E-state index in [1.165, 1.54) is 41.4 Å².